The van der Waals surface area contributed by atoms with Gasteiger partial charge in [-0.3, -0.25) is 9.59 Å². The Bertz CT molecular complexity index is 801. The molecule has 1 aliphatic carbocycles. The van der Waals surface area contributed by atoms with Gasteiger partial charge in [0.25, 0.3) is 0 Å². The maximum absolute atomic E-state index is 12.9. The van der Waals surface area contributed by atoms with Gasteiger partial charge in [-0.05, 0) is 38.0 Å². The number of nitrogens with zero attached hydrogens (tertiary/aromatic N) is 2. The number of esters is 1. The third kappa shape index (κ3) is 3.65. The Labute approximate surface area is 157 Å². The van der Waals surface area contributed by atoms with E-state index in [1.54, 1.807) is 19.1 Å². The van der Waals surface area contributed by atoms with Crippen molar-refractivity contribution in [3.63, 3.8) is 0 Å². The average Bonchev–Trinajstić information content (AvgIpc) is 3.06. The second-order valence-electron chi connectivity index (χ2n) is 6.61. The van der Waals surface area contributed by atoms with E-state index in [2.05, 4.69) is 5.10 Å². The van der Waals surface area contributed by atoms with Crippen LogP contribution in [0.1, 0.15) is 43.0 Å². The standard InChI is InChI=1S/C19H23N3O5/c1-3-27-19(25)16-10-15(21-22(16)18(24)11-5-4-6-11)17(23)13-9-12(26-2)7-8-14(13)20/h7-9,11,16H,3-6,10,20H2,1-2H3. The predicted octanol–water partition coefficient (Wildman–Crippen LogP) is 1.78. The Kier molecular flexibility index (Phi) is 5.43. The fourth-order valence-electron chi connectivity index (χ4n) is 3.13. The summed E-state index contributed by atoms with van der Waals surface area (Å²) < 4.78 is 10.2. The van der Waals surface area contributed by atoms with Crippen molar-refractivity contribution in [2.45, 2.75) is 38.6 Å². The molecule has 1 aromatic rings. The molecule has 0 radical (unpaired) electrons. The average molecular weight is 373 g/mol. The van der Waals surface area contributed by atoms with E-state index in [1.807, 2.05) is 0 Å². The molecule has 1 heterocycles. The Hall–Kier alpha value is -2.90. The molecule has 1 atom stereocenters. The number of anilines is 1. The SMILES string of the molecule is CCOC(=O)C1CC(C(=O)c2cc(OC)ccc2N)=NN1C(=O)C1CCC1. The number of carbonyl (C=O) groups is 3. The second kappa shape index (κ2) is 7.77. The van der Waals surface area contributed by atoms with Crippen LogP contribution >= 0.6 is 0 Å². The summed E-state index contributed by atoms with van der Waals surface area (Å²) in [5, 5.41) is 5.33. The molecule has 1 aromatic carbocycles. The Morgan fingerprint density at radius 1 is 1.30 bits per heavy atom. The molecule has 27 heavy (non-hydrogen) atoms. The number of rotatable bonds is 6. The van der Waals surface area contributed by atoms with E-state index in [9.17, 15) is 14.4 Å². The van der Waals surface area contributed by atoms with Crippen molar-refractivity contribution < 1.29 is 23.9 Å². The molecule has 8 nitrogen and oxygen atoms in total. The minimum absolute atomic E-state index is 0.00672. The van der Waals surface area contributed by atoms with E-state index in [0.29, 0.717) is 5.75 Å². The number of ether oxygens (including phenoxy) is 2. The van der Waals surface area contributed by atoms with Crippen LogP contribution in [0.25, 0.3) is 0 Å². The second-order valence-corrected chi connectivity index (χ2v) is 6.61. The number of benzene rings is 1. The van der Waals surface area contributed by atoms with Gasteiger partial charge in [0, 0.05) is 18.0 Å². The molecule has 1 saturated carbocycles. The van der Waals surface area contributed by atoms with Gasteiger partial charge in [-0.2, -0.15) is 5.10 Å². The molecule has 1 aliphatic heterocycles. The molecule has 1 amide bonds. The number of Topliss-reactive ketones (excluding diaryl/α,β-unsaturated/α-hetero) is 1. The maximum Gasteiger partial charge on any atom is 0.331 e. The lowest BCUT2D eigenvalue weighted by Crippen LogP contribution is -2.44. The number of ketones is 1. The van der Waals surface area contributed by atoms with Gasteiger partial charge in [-0.15, -0.1) is 0 Å². The summed E-state index contributed by atoms with van der Waals surface area (Å²) >= 11 is 0. The number of hydrogen-bond acceptors (Lipinski definition) is 7. The summed E-state index contributed by atoms with van der Waals surface area (Å²) in [4.78, 5) is 37.9. The van der Waals surface area contributed by atoms with Crippen LogP contribution in [0.5, 0.6) is 5.75 Å². The number of amides is 1. The summed E-state index contributed by atoms with van der Waals surface area (Å²) in [5.74, 6) is -0.891. The molecule has 0 saturated heterocycles. The van der Waals surface area contributed by atoms with E-state index in [0.717, 1.165) is 24.3 Å². The van der Waals surface area contributed by atoms with Gasteiger partial charge in [-0.1, -0.05) is 6.42 Å². The largest absolute Gasteiger partial charge is 0.497 e. The molecule has 8 heteroatoms. The van der Waals surface area contributed by atoms with Crippen molar-refractivity contribution in [2.24, 2.45) is 11.0 Å². The highest BCUT2D eigenvalue weighted by atomic mass is 16.5. The monoisotopic (exact) mass is 373 g/mol. The van der Waals surface area contributed by atoms with E-state index in [4.69, 9.17) is 15.2 Å². The predicted molar refractivity (Wildman–Crippen MR) is 98.4 cm³/mol. The van der Waals surface area contributed by atoms with Crippen LogP contribution in [0.4, 0.5) is 5.69 Å². The lowest BCUT2D eigenvalue weighted by atomic mass is 9.84. The van der Waals surface area contributed by atoms with E-state index < -0.39 is 17.8 Å². The van der Waals surface area contributed by atoms with Crippen LogP contribution < -0.4 is 10.5 Å². The first-order valence-electron chi connectivity index (χ1n) is 9.01. The van der Waals surface area contributed by atoms with E-state index >= 15 is 0 Å². The topological polar surface area (TPSA) is 111 Å². The molecule has 3 rings (SSSR count). The third-order valence-corrected chi connectivity index (χ3v) is 4.92. The van der Waals surface area contributed by atoms with Gasteiger partial charge < -0.3 is 15.2 Å². The molecule has 144 valence electrons. The maximum atomic E-state index is 12.9. The first-order valence-corrected chi connectivity index (χ1v) is 9.01. The molecular weight excluding hydrogens is 350 g/mol. The molecule has 0 aromatic heterocycles. The molecular formula is C19H23N3O5. The number of nitrogens with two attached hydrogens (primary N) is 1. The van der Waals surface area contributed by atoms with E-state index in [1.165, 1.54) is 13.2 Å². The number of nitrogen functional groups attached to an aromatic ring is 1. The lowest BCUT2D eigenvalue weighted by Gasteiger charge is -2.29. The van der Waals surface area contributed by atoms with Crippen LogP contribution in [0.2, 0.25) is 0 Å². The summed E-state index contributed by atoms with van der Waals surface area (Å²) in [6.07, 6.45) is 2.52. The van der Waals surface area contributed by atoms with Crippen LogP contribution in [-0.2, 0) is 14.3 Å². The summed E-state index contributed by atoms with van der Waals surface area (Å²) in [6, 6.07) is 3.83. The van der Waals surface area contributed by atoms with Crippen molar-refractivity contribution >= 4 is 29.1 Å². The normalized spacial score (nSPS) is 19.3. The zero-order valence-corrected chi connectivity index (χ0v) is 15.4. The lowest BCUT2D eigenvalue weighted by molar-refractivity contribution is -0.156. The van der Waals surface area contributed by atoms with Crippen LogP contribution in [0.3, 0.4) is 0 Å². The van der Waals surface area contributed by atoms with Crippen molar-refractivity contribution in [1.29, 1.82) is 0 Å². The van der Waals surface area contributed by atoms with Gasteiger partial charge >= 0.3 is 5.97 Å². The quantitative estimate of drug-likeness (QED) is 0.462. The van der Waals surface area contributed by atoms with Gasteiger partial charge in [0.15, 0.2) is 6.04 Å². The van der Waals surface area contributed by atoms with Gasteiger partial charge in [0.1, 0.15) is 11.5 Å². The highest BCUT2D eigenvalue weighted by Gasteiger charge is 2.43. The number of hydrogen-bond donors (Lipinski definition) is 1. The first kappa shape index (κ1) is 18.9. The minimum Gasteiger partial charge on any atom is -0.497 e. The Morgan fingerprint density at radius 3 is 2.63 bits per heavy atom. The zero-order valence-electron chi connectivity index (χ0n) is 15.4. The molecule has 2 N–H and O–H groups in total. The fourth-order valence-corrected chi connectivity index (χ4v) is 3.13. The first-order chi connectivity index (χ1) is 13.0. The number of methoxy groups -OCH3 is 1. The summed E-state index contributed by atoms with van der Waals surface area (Å²) in [7, 11) is 1.49. The third-order valence-electron chi connectivity index (χ3n) is 4.92. The van der Waals surface area contributed by atoms with Crippen LogP contribution in [-0.4, -0.2) is 48.1 Å². The molecule has 1 fully saturated rings. The molecule has 0 spiro atoms. The van der Waals surface area contributed by atoms with Crippen molar-refractivity contribution in [3.05, 3.63) is 23.8 Å². The summed E-state index contributed by atoms with van der Waals surface area (Å²) in [6.45, 7) is 1.88. The molecule has 1 unspecified atom stereocenters. The van der Waals surface area contributed by atoms with Gasteiger partial charge in [-0.25, -0.2) is 9.80 Å². The molecule has 2 aliphatic rings. The van der Waals surface area contributed by atoms with E-state index in [-0.39, 0.29) is 41.8 Å². The van der Waals surface area contributed by atoms with Crippen LogP contribution in [0, 0.1) is 5.92 Å². The summed E-state index contributed by atoms with van der Waals surface area (Å²) in [5.41, 5.74) is 6.54. The zero-order chi connectivity index (χ0) is 19.6. The smallest absolute Gasteiger partial charge is 0.331 e. The van der Waals surface area contributed by atoms with Crippen LogP contribution in [0.15, 0.2) is 23.3 Å². The number of hydrazone groups is 1. The Balaban J connectivity index is 1.89. The highest BCUT2D eigenvalue weighted by Crippen LogP contribution is 2.32. The molecule has 0 bridgehead atoms. The van der Waals surface area contributed by atoms with Crippen molar-refractivity contribution in [1.82, 2.24) is 5.01 Å². The Morgan fingerprint density at radius 2 is 2.04 bits per heavy atom. The highest BCUT2D eigenvalue weighted by molar-refractivity contribution is 6.47. The van der Waals surface area contributed by atoms with Gasteiger partial charge in [0.05, 0.1) is 19.3 Å². The van der Waals surface area contributed by atoms with Gasteiger partial charge in [0.2, 0.25) is 11.7 Å². The van der Waals surface area contributed by atoms with Crippen molar-refractivity contribution in [2.75, 3.05) is 19.5 Å². The minimum atomic E-state index is -0.913. The number of carbonyl (C=O) groups excluding carboxylic acids is 3. The van der Waals surface area contributed by atoms with Crippen molar-refractivity contribution in [3.8, 4) is 5.75 Å². The fraction of sp³-hybridized carbons (Fsp3) is 0.474.